The molecule has 3 unspecified atom stereocenters. The molecule has 0 amide bonds. The molecular formula is C12H14FNO4S. The fraction of sp³-hybridized carbons (Fsp3) is 0.417. The van der Waals surface area contributed by atoms with Crippen molar-refractivity contribution in [1.82, 2.24) is 0 Å². The van der Waals surface area contributed by atoms with Gasteiger partial charge in [-0.15, -0.1) is 0 Å². The highest BCUT2D eigenvalue weighted by Crippen LogP contribution is 2.54. The van der Waals surface area contributed by atoms with Gasteiger partial charge >= 0.3 is 5.97 Å². The van der Waals surface area contributed by atoms with Crippen LogP contribution in [0.1, 0.15) is 18.4 Å². The summed E-state index contributed by atoms with van der Waals surface area (Å²) in [6.07, 6.45) is 0. The molecule has 0 radical (unpaired) electrons. The first-order valence-electron chi connectivity index (χ1n) is 5.74. The third-order valence-electron chi connectivity index (χ3n) is 3.57. The topological polar surface area (TPSA) is 97.5 Å². The van der Waals surface area contributed by atoms with Crippen LogP contribution in [-0.4, -0.2) is 36.0 Å². The van der Waals surface area contributed by atoms with E-state index < -0.39 is 38.3 Å². The zero-order valence-electron chi connectivity index (χ0n) is 10.2. The van der Waals surface area contributed by atoms with E-state index >= 15 is 0 Å². The van der Waals surface area contributed by atoms with Gasteiger partial charge in [-0.05, 0) is 17.7 Å². The van der Waals surface area contributed by atoms with Crippen molar-refractivity contribution in [2.45, 2.75) is 23.6 Å². The summed E-state index contributed by atoms with van der Waals surface area (Å²) in [4.78, 5) is 11.2. The molecule has 1 aromatic rings. The molecule has 0 spiro atoms. The Bertz CT molecular complexity index is 613. The van der Waals surface area contributed by atoms with E-state index in [1.54, 1.807) is 0 Å². The summed E-state index contributed by atoms with van der Waals surface area (Å²) in [5.41, 5.74) is 4.33. The minimum absolute atomic E-state index is 0.179. The molecule has 5 nitrogen and oxygen atoms in total. The average molecular weight is 287 g/mol. The van der Waals surface area contributed by atoms with Crippen molar-refractivity contribution >= 4 is 15.8 Å². The van der Waals surface area contributed by atoms with Crippen molar-refractivity contribution in [3.8, 4) is 0 Å². The minimum atomic E-state index is -3.58. The molecule has 3 atom stereocenters. The summed E-state index contributed by atoms with van der Waals surface area (Å²) in [6, 6.07) is 5.06. The summed E-state index contributed by atoms with van der Waals surface area (Å²) in [7, 11) is -3.58. The Kier molecular flexibility index (Phi) is 3.14. The molecule has 0 saturated heterocycles. The molecule has 1 aromatic carbocycles. The minimum Gasteiger partial charge on any atom is -0.480 e. The molecule has 3 N–H and O–H groups in total. The third kappa shape index (κ3) is 2.02. The zero-order chi connectivity index (χ0) is 14.4. The Morgan fingerprint density at radius 2 is 1.95 bits per heavy atom. The number of benzene rings is 1. The summed E-state index contributed by atoms with van der Waals surface area (Å²) < 4.78 is 36.7. The van der Waals surface area contributed by atoms with E-state index in [-0.39, 0.29) is 5.75 Å². The molecule has 2 rings (SSSR count). The second kappa shape index (κ2) is 4.28. The van der Waals surface area contributed by atoms with Crippen molar-refractivity contribution in [3.63, 3.8) is 0 Å². The van der Waals surface area contributed by atoms with Gasteiger partial charge in [0.1, 0.15) is 11.4 Å². The van der Waals surface area contributed by atoms with Crippen LogP contribution < -0.4 is 5.73 Å². The van der Waals surface area contributed by atoms with Crippen LogP contribution in [0.25, 0.3) is 0 Å². The summed E-state index contributed by atoms with van der Waals surface area (Å²) in [5, 5.41) is 8.01. The van der Waals surface area contributed by atoms with Gasteiger partial charge in [0, 0.05) is 11.7 Å². The molecule has 1 aliphatic carbocycles. The van der Waals surface area contributed by atoms with Crippen LogP contribution in [0, 0.1) is 5.82 Å². The van der Waals surface area contributed by atoms with Crippen LogP contribution in [0.2, 0.25) is 0 Å². The van der Waals surface area contributed by atoms with Crippen molar-refractivity contribution in [3.05, 3.63) is 35.6 Å². The maximum Gasteiger partial charge on any atom is 0.325 e. The van der Waals surface area contributed by atoms with Gasteiger partial charge in [0.2, 0.25) is 0 Å². The molecule has 1 aliphatic rings. The Balaban J connectivity index is 2.45. The van der Waals surface area contributed by atoms with E-state index in [1.165, 1.54) is 19.1 Å². The van der Waals surface area contributed by atoms with Crippen molar-refractivity contribution in [2.75, 3.05) is 5.75 Å². The molecule has 0 bridgehead atoms. The molecule has 0 aliphatic heterocycles. The number of carboxylic acid groups (broad SMARTS) is 1. The highest BCUT2D eigenvalue weighted by Gasteiger charge is 2.73. The van der Waals surface area contributed by atoms with Gasteiger partial charge in [0.25, 0.3) is 0 Å². The van der Waals surface area contributed by atoms with Gasteiger partial charge in [0.05, 0.1) is 5.25 Å². The molecule has 1 saturated carbocycles. The molecule has 7 heteroatoms. The van der Waals surface area contributed by atoms with Gasteiger partial charge in [-0.25, -0.2) is 12.8 Å². The average Bonchev–Trinajstić information content (AvgIpc) is 2.99. The van der Waals surface area contributed by atoms with Crippen LogP contribution in [0.3, 0.4) is 0 Å². The van der Waals surface area contributed by atoms with E-state index in [9.17, 15) is 17.6 Å². The monoisotopic (exact) mass is 287 g/mol. The summed E-state index contributed by atoms with van der Waals surface area (Å²) >= 11 is 0. The standard InChI is InChI=1S/C12H14FNO4S/c1-2-19(17,18)10-9(12(10,14)11(15)16)7-3-5-8(13)6-4-7/h3-6,9-10H,2,14H2,1H3,(H,15,16). The SMILES string of the molecule is CCS(=O)(=O)C1C(c2ccc(F)cc2)C1(N)C(=O)O. The van der Waals surface area contributed by atoms with E-state index in [0.29, 0.717) is 5.56 Å². The normalized spacial score (nSPS) is 30.1. The number of halogens is 1. The molecule has 0 aromatic heterocycles. The Hall–Kier alpha value is -1.47. The fourth-order valence-corrected chi connectivity index (χ4v) is 4.35. The Morgan fingerprint density at radius 3 is 2.37 bits per heavy atom. The van der Waals surface area contributed by atoms with Gasteiger partial charge in [-0.2, -0.15) is 0 Å². The number of sulfone groups is 1. The van der Waals surface area contributed by atoms with Crippen molar-refractivity contribution in [1.29, 1.82) is 0 Å². The second-order valence-corrected chi connectivity index (χ2v) is 7.05. The number of carbonyl (C=O) groups is 1. The maximum atomic E-state index is 12.9. The van der Waals surface area contributed by atoms with Crippen LogP contribution in [0.15, 0.2) is 24.3 Å². The Labute approximate surface area is 110 Å². The number of hydrogen-bond donors (Lipinski definition) is 2. The molecular weight excluding hydrogens is 273 g/mol. The predicted molar refractivity (Wildman–Crippen MR) is 66.9 cm³/mol. The first-order valence-corrected chi connectivity index (χ1v) is 7.46. The van der Waals surface area contributed by atoms with Crippen LogP contribution in [0.5, 0.6) is 0 Å². The maximum absolute atomic E-state index is 12.9. The fourth-order valence-electron chi connectivity index (χ4n) is 2.43. The first kappa shape index (κ1) is 14.0. The lowest BCUT2D eigenvalue weighted by Gasteiger charge is -2.05. The first-order chi connectivity index (χ1) is 8.75. The van der Waals surface area contributed by atoms with Crippen molar-refractivity contribution < 1.29 is 22.7 Å². The van der Waals surface area contributed by atoms with Gasteiger partial charge in [-0.1, -0.05) is 19.1 Å². The highest BCUT2D eigenvalue weighted by atomic mass is 32.2. The van der Waals surface area contributed by atoms with Gasteiger partial charge in [0.15, 0.2) is 9.84 Å². The van der Waals surface area contributed by atoms with E-state index in [1.807, 2.05) is 0 Å². The van der Waals surface area contributed by atoms with Crippen LogP contribution in [-0.2, 0) is 14.6 Å². The summed E-state index contributed by atoms with van der Waals surface area (Å²) in [5.74, 6) is -2.85. The van der Waals surface area contributed by atoms with Crippen LogP contribution in [0.4, 0.5) is 4.39 Å². The predicted octanol–water partition coefficient (Wildman–Crippen LogP) is 0.508. The quantitative estimate of drug-likeness (QED) is 0.841. The van der Waals surface area contributed by atoms with Crippen molar-refractivity contribution in [2.24, 2.45) is 5.73 Å². The molecule has 0 heterocycles. The molecule has 19 heavy (non-hydrogen) atoms. The van der Waals surface area contributed by atoms with Gasteiger partial charge < -0.3 is 10.8 Å². The largest absolute Gasteiger partial charge is 0.480 e. The number of nitrogens with two attached hydrogens (primary N) is 1. The lowest BCUT2D eigenvalue weighted by Crippen LogP contribution is -2.40. The van der Waals surface area contributed by atoms with E-state index in [2.05, 4.69) is 0 Å². The van der Waals surface area contributed by atoms with Crippen LogP contribution >= 0.6 is 0 Å². The molecule has 104 valence electrons. The number of carboxylic acids is 1. The summed E-state index contributed by atoms with van der Waals surface area (Å²) in [6.45, 7) is 1.44. The van der Waals surface area contributed by atoms with Gasteiger partial charge in [-0.3, -0.25) is 4.79 Å². The number of hydrogen-bond acceptors (Lipinski definition) is 4. The number of rotatable bonds is 4. The lowest BCUT2D eigenvalue weighted by atomic mass is 10.1. The Morgan fingerprint density at radius 1 is 1.42 bits per heavy atom. The number of aliphatic carboxylic acids is 1. The molecule has 1 fully saturated rings. The smallest absolute Gasteiger partial charge is 0.325 e. The lowest BCUT2D eigenvalue weighted by molar-refractivity contribution is -0.139. The third-order valence-corrected chi connectivity index (χ3v) is 5.81. The van der Waals surface area contributed by atoms with E-state index in [0.717, 1.165) is 12.1 Å². The highest BCUT2D eigenvalue weighted by molar-refractivity contribution is 7.92. The second-order valence-electron chi connectivity index (χ2n) is 4.64. The van der Waals surface area contributed by atoms with E-state index in [4.69, 9.17) is 10.8 Å². The zero-order valence-corrected chi connectivity index (χ0v) is 11.0.